The summed E-state index contributed by atoms with van der Waals surface area (Å²) in [6.07, 6.45) is 2.19. The SMILES string of the molecule is Cc1ccc(S(=O)(=O)n2cnc(C[C@H](NC(=O)OC(C)(C)C)C(=O)N3CCC(O)CC3)c2)cc1. The summed E-state index contributed by atoms with van der Waals surface area (Å²) in [4.78, 5) is 31.5. The van der Waals surface area contributed by atoms with Crippen LogP contribution in [-0.4, -0.2) is 70.2 Å². The fourth-order valence-corrected chi connectivity index (χ4v) is 4.73. The van der Waals surface area contributed by atoms with Crippen LogP contribution in [0.1, 0.15) is 44.9 Å². The van der Waals surface area contributed by atoms with Gasteiger partial charge in [0.25, 0.3) is 10.0 Å². The summed E-state index contributed by atoms with van der Waals surface area (Å²) in [5, 5.41) is 12.3. The van der Waals surface area contributed by atoms with Crippen LogP contribution in [-0.2, 0) is 26.0 Å². The molecule has 10 nitrogen and oxygen atoms in total. The minimum atomic E-state index is -3.85. The Morgan fingerprint density at radius 1 is 1.21 bits per heavy atom. The second kappa shape index (κ2) is 10.1. The van der Waals surface area contributed by atoms with Gasteiger partial charge in [0.1, 0.15) is 18.0 Å². The van der Waals surface area contributed by atoms with E-state index in [0.717, 1.165) is 9.54 Å². The van der Waals surface area contributed by atoms with Crippen LogP contribution < -0.4 is 5.32 Å². The van der Waals surface area contributed by atoms with Crippen molar-refractivity contribution in [2.45, 2.75) is 69.6 Å². The van der Waals surface area contributed by atoms with Gasteiger partial charge in [-0.2, -0.15) is 0 Å². The number of nitrogens with zero attached hydrogens (tertiary/aromatic N) is 3. The number of hydrogen-bond acceptors (Lipinski definition) is 7. The van der Waals surface area contributed by atoms with Crippen molar-refractivity contribution in [2.75, 3.05) is 13.1 Å². The Bertz CT molecular complexity index is 1110. The highest BCUT2D eigenvalue weighted by Gasteiger charge is 2.31. The number of aromatic nitrogens is 2. The van der Waals surface area contributed by atoms with E-state index in [1.54, 1.807) is 37.8 Å². The predicted octanol–water partition coefficient (Wildman–Crippen LogP) is 1.85. The van der Waals surface area contributed by atoms with Gasteiger partial charge in [0.2, 0.25) is 5.91 Å². The van der Waals surface area contributed by atoms with E-state index in [-0.39, 0.29) is 17.2 Å². The normalized spacial score (nSPS) is 16.2. The van der Waals surface area contributed by atoms with Crippen molar-refractivity contribution in [1.29, 1.82) is 0 Å². The average molecular weight is 493 g/mol. The third-order valence-corrected chi connectivity index (χ3v) is 7.01. The highest BCUT2D eigenvalue weighted by Crippen LogP contribution is 2.17. The van der Waals surface area contributed by atoms with Gasteiger partial charge in [-0.1, -0.05) is 17.7 Å². The molecule has 34 heavy (non-hydrogen) atoms. The lowest BCUT2D eigenvalue weighted by Gasteiger charge is -2.32. The zero-order valence-corrected chi connectivity index (χ0v) is 20.7. The number of carbonyl (C=O) groups is 2. The number of aliphatic hydroxyl groups excluding tert-OH is 1. The topological polar surface area (TPSA) is 131 Å². The Labute approximate surface area is 200 Å². The van der Waals surface area contributed by atoms with Crippen LogP contribution in [0, 0.1) is 6.92 Å². The molecule has 11 heteroatoms. The molecule has 2 aromatic rings. The number of rotatable bonds is 6. The van der Waals surface area contributed by atoms with E-state index in [1.165, 1.54) is 24.7 Å². The Kier molecular flexibility index (Phi) is 7.67. The number of piperidine rings is 1. The lowest BCUT2D eigenvalue weighted by molar-refractivity contribution is -0.135. The molecule has 1 aliphatic heterocycles. The number of benzene rings is 1. The van der Waals surface area contributed by atoms with Crippen LogP contribution in [0.25, 0.3) is 0 Å². The first-order valence-corrected chi connectivity index (χ1v) is 12.6. The third-order valence-electron chi connectivity index (χ3n) is 5.39. The lowest BCUT2D eigenvalue weighted by atomic mass is 10.1. The molecule has 1 saturated heterocycles. The molecule has 1 fully saturated rings. The number of carbonyl (C=O) groups excluding carboxylic acids is 2. The highest BCUT2D eigenvalue weighted by molar-refractivity contribution is 7.90. The molecule has 0 aliphatic carbocycles. The number of aliphatic hydroxyl groups is 1. The first kappa shape index (κ1) is 25.7. The number of nitrogens with one attached hydrogen (secondary N) is 1. The Hall–Kier alpha value is -2.92. The second-order valence-electron chi connectivity index (χ2n) is 9.47. The van der Waals surface area contributed by atoms with E-state index < -0.39 is 33.9 Å². The Morgan fingerprint density at radius 2 is 1.82 bits per heavy atom. The number of amides is 2. The number of alkyl carbamates (subject to hydrolysis) is 1. The third kappa shape index (κ3) is 6.57. The van der Waals surface area contributed by atoms with Gasteiger partial charge in [-0.15, -0.1) is 0 Å². The summed E-state index contributed by atoms with van der Waals surface area (Å²) in [5.74, 6) is -0.339. The van der Waals surface area contributed by atoms with E-state index in [4.69, 9.17) is 4.74 Å². The maximum atomic E-state index is 13.2. The van der Waals surface area contributed by atoms with Crippen molar-refractivity contribution in [3.05, 3.63) is 48.0 Å². The summed E-state index contributed by atoms with van der Waals surface area (Å²) in [6, 6.07) is 5.45. The van der Waals surface area contributed by atoms with Gasteiger partial charge in [-0.05, 0) is 52.7 Å². The highest BCUT2D eigenvalue weighted by atomic mass is 32.2. The molecule has 1 aliphatic rings. The fourth-order valence-electron chi connectivity index (χ4n) is 3.58. The zero-order chi connectivity index (χ0) is 25.1. The minimum absolute atomic E-state index is 0.0203. The zero-order valence-electron chi connectivity index (χ0n) is 19.9. The molecule has 0 radical (unpaired) electrons. The maximum absolute atomic E-state index is 13.2. The number of imidazole rings is 1. The summed E-state index contributed by atoms with van der Waals surface area (Å²) >= 11 is 0. The number of aryl methyl sites for hydroxylation is 1. The van der Waals surface area contributed by atoms with E-state index in [0.29, 0.717) is 31.6 Å². The molecule has 1 atom stereocenters. The van der Waals surface area contributed by atoms with E-state index in [1.807, 2.05) is 6.92 Å². The first-order chi connectivity index (χ1) is 15.8. The summed E-state index contributed by atoms with van der Waals surface area (Å²) in [6.45, 7) is 7.74. The van der Waals surface area contributed by atoms with Gasteiger partial charge in [0.15, 0.2) is 0 Å². The van der Waals surface area contributed by atoms with Crippen LogP contribution in [0.5, 0.6) is 0 Å². The van der Waals surface area contributed by atoms with Crippen molar-refractivity contribution in [2.24, 2.45) is 0 Å². The van der Waals surface area contributed by atoms with Crippen molar-refractivity contribution >= 4 is 22.0 Å². The molecule has 0 bridgehead atoms. The summed E-state index contributed by atoms with van der Waals surface area (Å²) in [5.41, 5.74) is 0.503. The predicted molar refractivity (Wildman–Crippen MR) is 125 cm³/mol. The molecule has 2 N–H and O–H groups in total. The molecular weight excluding hydrogens is 460 g/mol. The molecule has 3 rings (SSSR count). The van der Waals surface area contributed by atoms with E-state index in [2.05, 4.69) is 10.3 Å². The molecule has 1 aromatic carbocycles. The van der Waals surface area contributed by atoms with E-state index >= 15 is 0 Å². The quantitative estimate of drug-likeness (QED) is 0.629. The second-order valence-corrected chi connectivity index (χ2v) is 11.3. The molecule has 2 amide bonds. The molecule has 2 heterocycles. The van der Waals surface area contributed by atoms with Gasteiger partial charge in [0.05, 0.1) is 16.7 Å². The van der Waals surface area contributed by atoms with Crippen molar-refractivity contribution in [3.8, 4) is 0 Å². The van der Waals surface area contributed by atoms with Gasteiger partial charge in [0, 0.05) is 25.7 Å². The number of ether oxygens (including phenoxy) is 1. The Morgan fingerprint density at radius 3 is 2.41 bits per heavy atom. The smallest absolute Gasteiger partial charge is 0.408 e. The number of likely N-dealkylation sites (tertiary alicyclic amines) is 1. The molecule has 0 unspecified atom stereocenters. The van der Waals surface area contributed by atoms with Gasteiger partial charge in [-0.25, -0.2) is 22.2 Å². The number of hydrogen-bond donors (Lipinski definition) is 2. The van der Waals surface area contributed by atoms with E-state index in [9.17, 15) is 23.1 Å². The minimum Gasteiger partial charge on any atom is -0.444 e. The monoisotopic (exact) mass is 492 g/mol. The standard InChI is InChI=1S/C23H32N4O6S/c1-16-5-7-19(8-6-16)34(31,32)27-14-17(24-15-27)13-20(25-22(30)33-23(2,3)4)21(29)26-11-9-18(28)10-12-26/h5-8,14-15,18,20,28H,9-13H2,1-4H3,(H,25,30)/t20-/m0/s1. The average Bonchev–Trinajstić information content (AvgIpc) is 3.22. The van der Waals surface area contributed by atoms with Gasteiger partial charge >= 0.3 is 6.09 Å². The molecule has 0 saturated carbocycles. The molecular formula is C23H32N4O6S. The largest absolute Gasteiger partial charge is 0.444 e. The van der Waals surface area contributed by atoms with Crippen molar-refractivity contribution in [3.63, 3.8) is 0 Å². The maximum Gasteiger partial charge on any atom is 0.408 e. The molecule has 186 valence electrons. The van der Waals surface area contributed by atoms with Crippen LogP contribution in [0.4, 0.5) is 4.79 Å². The summed E-state index contributed by atoms with van der Waals surface area (Å²) in [7, 11) is -3.85. The van der Waals surface area contributed by atoms with Crippen molar-refractivity contribution < 1.29 is 27.9 Å². The van der Waals surface area contributed by atoms with Gasteiger partial charge in [-0.3, -0.25) is 4.79 Å². The first-order valence-electron chi connectivity index (χ1n) is 11.2. The summed E-state index contributed by atoms with van der Waals surface area (Å²) < 4.78 is 32.2. The molecule has 1 aromatic heterocycles. The van der Waals surface area contributed by atoms with Crippen LogP contribution >= 0.6 is 0 Å². The fraction of sp³-hybridized carbons (Fsp3) is 0.522. The molecule has 0 spiro atoms. The van der Waals surface area contributed by atoms with Crippen LogP contribution in [0.3, 0.4) is 0 Å². The Balaban J connectivity index is 1.80. The van der Waals surface area contributed by atoms with Gasteiger partial charge < -0.3 is 20.1 Å². The van der Waals surface area contributed by atoms with Crippen LogP contribution in [0.15, 0.2) is 41.7 Å². The van der Waals surface area contributed by atoms with Crippen molar-refractivity contribution in [1.82, 2.24) is 19.2 Å². The van der Waals surface area contributed by atoms with Crippen LogP contribution in [0.2, 0.25) is 0 Å². The lowest BCUT2D eigenvalue weighted by Crippen LogP contribution is -2.53.